The molecule has 6 nitrogen and oxygen atoms in total. The van der Waals surface area contributed by atoms with Gasteiger partial charge in [0.15, 0.2) is 0 Å². The van der Waals surface area contributed by atoms with Gasteiger partial charge in [0, 0.05) is 17.4 Å². The topological polar surface area (TPSA) is 76.1 Å². The van der Waals surface area contributed by atoms with Crippen LogP contribution < -0.4 is 15.4 Å². The maximum Gasteiger partial charge on any atom is 0.418 e. The quantitative estimate of drug-likeness (QED) is 0.774. The summed E-state index contributed by atoms with van der Waals surface area (Å²) in [6, 6.07) is 6.33. The number of aromatic nitrogens is 2. The number of amides is 2. The van der Waals surface area contributed by atoms with Crippen molar-refractivity contribution >= 4 is 11.7 Å². The number of carbonyl (C=O) groups excluding carboxylic acids is 1. The van der Waals surface area contributed by atoms with E-state index in [4.69, 9.17) is 4.74 Å². The van der Waals surface area contributed by atoms with Gasteiger partial charge >= 0.3 is 18.2 Å². The Balaban J connectivity index is 1.50. The summed E-state index contributed by atoms with van der Waals surface area (Å²) in [5, 5.41) is 5.05. The zero-order chi connectivity index (χ0) is 21.0. The number of nitrogens with zero attached hydrogens (tertiary/aromatic N) is 2. The summed E-state index contributed by atoms with van der Waals surface area (Å²) in [4.78, 5) is 20.7. The van der Waals surface area contributed by atoms with Crippen LogP contribution in [0, 0.1) is 13.8 Å². The van der Waals surface area contributed by atoms with Crippen molar-refractivity contribution in [2.75, 3.05) is 5.32 Å². The second-order valence-corrected chi connectivity index (χ2v) is 7.17. The zero-order valence-electron chi connectivity index (χ0n) is 16.2. The Hall–Kier alpha value is -2.84. The maximum absolute atomic E-state index is 13.0. The van der Waals surface area contributed by atoms with Crippen molar-refractivity contribution < 1.29 is 22.7 Å². The van der Waals surface area contributed by atoms with Crippen LogP contribution in [0.2, 0.25) is 0 Å². The standard InChI is InChI=1S/C20H23F3N4O2/c1-12-11-13(2)25-19(24-12)29-15-9-7-14(8-10-15)26-18(28)27-17-6-4-3-5-16(17)20(21,22)23/h3-6,11,14-15H,7-10H2,1-2H3,(H2,26,27,28). The first-order valence-corrected chi connectivity index (χ1v) is 9.43. The number of hydrogen-bond donors (Lipinski definition) is 2. The molecule has 2 N–H and O–H groups in total. The molecule has 9 heteroatoms. The van der Waals surface area contributed by atoms with Crippen molar-refractivity contribution in [3.05, 3.63) is 47.3 Å². The van der Waals surface area contributed by atoms with Gasteiger partial charge in [-0.2, -0.15) is 13.2 Å². The van der Waals surface area contributed by atoms with Gasteiger partial charge in [-0.15, -0.1) is 0 Å². The molecule has 1 heterocycles. The zero-order valence-corrected chi connectivity index (χ0v) is 16.2. The highest BCUT2D eigenvalue weighted by atomic mass is 19.4. The largest absolute Gasteiger partial charge is 0.460 e. The van der Waals surface area contributed by atoms with Crippen molar-refractivity contribution in [1.82, 2.24) is 15.3 Å². The molecule has 0 atom stereocenters. The van der Waals surface area contributed by atoms with E-state index in [-0.39, 0.29) is 17.8 Å². The summed E-state index contributed by atoms with van der Waals surface area (Å²) < 4.78 is 44.9. The predicted molar refractivity (Wildman–Crippen MR) is 102 cm³/mol. The van der Waals surface area contributed by atoms with Crippen LogP contribution in [0.4, 0.5) is 23.7 Å². The normalized spacial score (nSPS) is 19.5. The minimum atomic E-state index is -4.53. The number of anilines is 1. The van der Waals surface area contributed by atoms with Gasteiger partial charge in [-0.25, -0.2) is 14.8 Å². The number of urea groups is 1. The van der Waals surface area contributed by atoms with E-state index >= 15 is 0 Å². The number of nitrogens with one attached hydrogen (secondary N) is 2. The molecule has 2 amide bonds. The number of rotatable bonds is 4. The third kappa shape index (κ3) is 5.82. The van der Waals surface area contributed by atoms with E-state index in [1.165, 1.54) is 18.2 Å². The van der Waals surface area contributed by atoms with Gasteiger partial charge in [0.25, 0.3) is 0 Å². The summed E-state index contributed by atoms with van der Waals surface area (Å²) in [7, 11) is 0. The van der Waals surface area contributed by atoms with Gasteiger partial charge in [-0.1, -0.05) is 12.1 Å². The predicted octanol–water partition coefficient (Wildman–Crippen LogP) is 4.62. The Bertz CT molecular complexity index is 845. The molecule has 0 bridgehead atoms. The molecule has 1 fully saturated rings. The summed E-state index contributed by atoms with van der Waals surface area (Å²) in [5.74, 6) is 0. The van der Waals surface area contributed by atoms with Crippen LogP contribution in [0.3, 0.4) is 0 Å². The van der Waals surface area contributed by atoms with E-state index in [9.17, 15) is 18.0 Å². The van der Waals surface area contributed by atoms with Gasteiger partial charge in [-0.05, 0) is 57.7 Å². The second-order valence-electron chi connectivity index (χ2n) is 7.17. The number of para-hydroxylation sites is 1. The van der Waals surface area contributed by atoms with Crippen molar-refractivity contribution in [3.8, 4) is 6.01 Å². The average Bonchev–Trinajstić information content (AvgIpc) is 2.62. The van der Waals surface area contributed by atoms with E-state index in [0.717, 1.165) is 17.5 Å². The fraction of sp³-hybridized carbons (Fsp3) is 0.450. The number of ether oxygens (including phenoxy) is 1. The van der Waals surface area contributed by atoms with Crippen LogP contribution in [-0.2, 0) is 6.18 Å². The summed E-state index contributed by atoms with van der Waals surface area (Å²) in [6.07, 6.45) is -1.88. The van der Waals surface area contributed by atoms with Crippen molar-refractivity contribution in [2.24, 2.45) is 0 Å². The first-order valence-electron chi connectivity index (χ1n) is 9.43. The highest BCUT2D eigenvalue weighted by molar-refractivity contribution is 5.90. The first-order chi connectivity index (χ1) is 13.7. The van der Waals surface area contributed by atoms with Gasteiger partial charge in [-0.3, -0.25) is 0 Å². The van der Waals surface area contributed by atoms with Crippen molar-refractivity contribution in [2.45, 2.75) is 57.9 Å². The van der Waals surface area contributed by atoms with E-state index in [1.54, 1.807) is 0 Å². The van der Waals surface area contributed by atoms with E-state index in [0.29, 0.717) is 31.7 Å². The molecule has 1 aliphatic carbocycles. The molecule has 3 rings (SSSR count). The Morgan fingerprint density at radius 2 is 1.69 bits per heavy atom. The van der Waals surface area contributed by atoms with Crippen molar-refractivity contribution in [3.63, 3.8) is 0 Å². The molecule has 0 unspecified atom stereocenters. The molecule has 1 saturated carbocycles. The highest BCUT2D eigenvalue weighted by Gasteiger charge is 2.33. The van der Waals surface area contributed by atoms with Crippen molar-refractivity contribution in [1.29, 1.82) is 0 Å². The van der Waals surface area contributed by atoms with E-state index in [2.05, 4.69) is 20.6 Å². The van der Waals surface area contributed by atoms with Gasteiger partial charge in [0.05, 0.1) is 11.3 Å². The molecule has 1 aromatic heterocycles. The Morgan fingerprint density at radius 3 is 2.31 bits per heavy atom. The summed E-state index contributed by atoms with van der Waals surface area (Å²) >= 11 is 0. The smallest absolute Gasteiger partial charge is 0.418 e. The van der Waals surface area contributed by atoms with Crippen LogP contribution in [0.1, 0.15) is 42.6 Å². The number of alkyl halides is 3. The molecule has 2 aromatic rings. The lowest BCUT2D eigenvalue weighted by molar-refractivity contribution is -0.136. The van der Waals surface area contributed by atoms with E-state index in [1.807, 2.05) is 19.9 Å². The summed E-state index contributed by atoms with van der Waals surface area (Å²) in [5.41, 5.74) is 0.527. The fourth-order valence-corrected chi connectivity index (χ4v) is 3.40. The van der Waals surface area contributed by atoms with Gasteiger partial charge in [0.1, 0.15) is 6.10 Å². The SMILES string of the molecule is Cc1cc(C)nc(OC2CCC(NC(=O)Nc3ccccc3C(F)(F)F)CC2)n1. The highest BCUT2D eigenvalue weighted by Crippen LogP contribution is 2.34. The molecule has 0 spiro atoms. The molecule has 1 aliphatic rings. The number of halogens is 3. The molecular formula is C20H23F3N4O2. The van der Waals surface area contributed by atoms with Crippen LogP contribution in [0.25, 0.3) is 0 Å². The van der Waals surface area contributed by atoms with Crippen LogP contribution in [0.15, 0.2) is 30.3 Å². The monoisotopic (exact) mass is 408 g/mol. The minimum absolute atomic E-state index is 0.0525. The number of hydrogen-bond acceptors (Lipinski definition) is 4. The lowest BCUT2D eigenvalue weighted by Crippen LogP contribution is -2.42. The lowest BCUT2D eigenvalue weighted by Gasteiger charge is -2.29. The molecule has 0 aliphatic heterocycles. The van der Waals surface area contributed by atoms with Gasteiger partial charge < -0.3 is 15.4 Å². The Labute approximate surface area is 166 Å². The number of aryl methyl sites for hydroxylation is 2. The molecule has 0 saturated heterocycles. The van der Waals surface area contributed by atoms with E-state index < -0.39 is 17.8 Å². The van der Waals surface area contributed by atoms with Crippen LogP contribution >= 0.6 is 0 Å². The third-order valence-corrected chi connectivity index (χ3v) is 4.72. The third-order valence-electron chi connectivity index (χ3n) is 4.72. The van der Waals surface area contributed by atoms with Crippen LogP contribution in [0.5, 0.6) is 6.01 Å². The van der Waals surface area contributed by atoms with Crippen LogP contribution in [-0.4, -0.2) is 28.1 Å². The lowest BCUT2D eigenvalue weighted by atomic mass is 9.93. The molecular weight excluding hydrogens is 385 g/mol. The molecule has 29 heavy (non-hydrogen) atoms. The minimum Gasteiger partial charge on any atom is -0.460 e. The fourth-order valence-electron chi connectivity index (χ4n) is 3.40. The maximum atomic E-state index is 13.0. The first kappa shape index (κ1) is 20.9. The Kier molecular flexibility index (Phi) is 6.24. The number of benzene rings is 1. The molecule has 1 aromatic carbocycles. The average molecular weight is 408 g/mol. The summed E-state index contributed by atoms with van der Waals surface area (Å²) in [6.45, 7) is 3.75. The number of carbonyl (C=O) groups is 1. The van der Waals surface area contributed by atoms with Gasteiger partial charge in [0.2, 0.25) is 0 Å². The molecule has 156 valence electrons. The second kappa shape index (κ2) is 8.67. The Morgan fingerprint density at radius 1 is 1.07 bits per heavy atom. The molecule has 0 radical (unpaired) electrons.